The van der Waals surface area contributed by atoms with Gasteiger partial charge in [0.05, 0.1) is 0 Å². The summed E-state index contributed by atoms with van der Waals surface area (Å²) >= 11 is 0. The largest absolute Gasteiger partial charge is 0.297 e. The standard InChI is InChI=1S/C19H30.C17H27N.C16H31N.2C13H27N/c1-12(2)15-7-8-16-10-18(13(3)4)19(14(5)6)11-17(16)9-15;1-11(2)14-7-8-16-15(9-14)10-18(13(5)6)17(16)12(3)4;1-10(2)13-7-14-9-17(12(5)6)16(11(3)4)15(14)8-13;1-9(2)12-7-13(10(3)4)14(8-12)11(5)6;1-9(2)12-7-8-14(11(5)6)13(12)10(3)4/h7-9,12-14,18-19H,10-11H2,1-6H3;7-9,11-13,17H,10H2,1-6H3;10-16H,7-9H2,1-6H3;2*9-13H,7-8H2,1-6H3. The van der Waals surface area contributed by atoms with E-state index in [0.29, 0.717) is 41.9 Å². The molecule has 6 aliphatic rings. The molecule has 4 heteroatoms. The SMILES string of the molecule is CC(C)C1CC(C(C)C)N(C(C)C)C1.CC(C)C1CC2CN(C(C)C)C(C(C)C)C2C1.CC(C)C1CCN(C(C)C)C1C(C)C.CC(C)c1ccc2c(c1)CC(C(C)C)C(C(C)C)C2.CC(C)c1ccc2c(c1)CN(C(C)C)C2C(C)C. The summed E-state index contributed by atoms with van der Waals surface area (Å²) in [6, 6.07) is 20.2. The Kier molecular flexibility index (Phi) is 28.8. The molecular formula is C78H142N4. The third-order valence-electron chi connectivity index (χ3n) is 22.1. The van der Waals surface area contributed by atoms with Crippen molar-refractivity contribution in [2.75, 3.05) is 19.6 Å². The highest BCUT2D eigenvalue weighted by molar-refractivity contribution is 5.39. The first kappa shape index (κ1) is 72.8. The first-order chi connectivity index (χ1) is 38.1. The lowest BCUT2D eigenvalue weighted by Crippen LogP contribution is -2.42. The van der Waals surface area contributed by atoms with Gasteiger partial charge >= 0.3 is 0 Å². The zero-order valence-electron chi connectivity index (χ0n) is 60.3. The van der Waals surface area contributed by atoms with Crippen molar-refractivity contribution in [3.05, 3.63) is 69.8 Å². The number of fused-ring (bicyclic) bond motifs is 3. The second kappa shape index (κ2) is 32.5. The number of likely N-dealkylation sites (tertiary alicyclic amines) is 3. The average molecular weight is 1140 g/mol. The molecule has 8 rings (SSSR count). The molecule has 0 bridgehead atoms. The molecule has 82 heavy (non-hydrogen) atoms. The van der Waals surface area contributed by atoms with E-state index in [-0.39, 0.29) is 0 Å². The Balaban J connectivity index is 0.000000222. The lowest BCUT2D eigenvalue weighted by molar-refractivity contribution is 0.125. The molecule has 4 aliphatic heterocycles. The Morgan fingerprint density at radius 3 is 1.26 bits per heavy atom. The first-order valence-corrected chi connectivity index (χ1v) is 35.4. The van der Waals surface area contributed by atoms with Crippen LogP contribution < -0.4 is 0 Å². The van der Waals surface area contributed by atoms with Crippen LogP contribution in [-0.2, 0) is 19.4 Å². The summed E-state index contributed by atoms with van der Waals surface area (Å²) in [6.07, 6.45) is 8.38. The van der Waals surface area contributed by atoms with Crippen LogP contribution in [0.2, 0.25) is 0 Å². The molecule has 1 saturated carbocycles. The van der Waals surface area contributed by atoms with E-state index in [2.05, 4.69) is 264 Å². The minimum Gasteiger partial charge on any atom is -0.297 e. The van der Waals surface area contributed by atoms with E-state index in [9.17, 15) is 0 Å². The van der Waals surface area contributed by atoms with Crippen molar-refractivity contribution in [3.8, 4) is 0 Å². The van der Waals surface area contributed by atoms with Gasteiger partial charge in [-0.1, -0.05) is 189 Å². The molecule has 0 N–H and O–H groups in total. The Morgan fingerprint density at radius 2 is 0.841 bits per heavy atom. The molecule has 4 fully saturated rings. The van der Waals surface area contributed by atoms with E-state index in [1.807, 2.05) is 0 Å². The molecule has 0 radical (unpaired) electrons. The lowest BCUT2D eigenvalue weighted by atomic mass is 9.67. The third-order valence-corrected chi connectivity index (χ3v) is 22.1. The number of hydrogen-bond donors (Lipinski definition) is 0. The monoisotopic (exact) mass is 1140 g/mol. The van der Waals surface area contributed by atoms with Crippen LogP contribution in [0.3, 0.4) is 0 Å². The van der Waals surface area contributed by atoms with Gasteiger partial charge in [-0.05, 0) is 240 Å². The van der Waals surface area contributed by atoms with Crippen LogP contribution in [0.1, 0.15) is 285 Å². The van der Waals surface area contributed by atoms with E-state index in [0.717, 1.165) is 119 Å². The van der Waals surface area contributed by atoms with Crippen molar-refractivity contribution < 1.29 is 0 Å². The molecule has 0 amide bonds. The molecule has 2 aliphatic carbocycles. The highest BCUT2D eigenvalue weighted by Crippen LogP contribution is 2.50. The van der Waals surface area contributed by atoms with Crippen LogP contribution in [0, 0.1) is 94.7 Å². The van der Waals surface area contributed by atoms with Crippen LogP contribution in [0.25, 0.3) is 0 Å². The maximum atomic E-state index is 2.79. The van der Waals surface area contributed by atoms with Crippen LogP contribution >= 0.6 is 0 Å². The van der Waals surface area contributed by atoms with Gasteiger partial charge in [0.2, 0.25) is 0 Å². The maximum Gasteiger partial charge on any atom is 0.0380 e. The lowest BCUT2D eigenvalue weighted by Gasteiger charge is -2.38. The zero-order chi connectivity index (χ0) is 62.1. The Morgan fingerprint density at radius 1 is 0.366 bits per heavy atom. The van der Waals surface area contributed by atoms with E-state index in [1.165, 1.54) is 69.3 Å². The van der Waals surface area contributed by atoms with Crippen molar-refractivity contribution in [1.29, 1.82) is 0 Å². The van der Waals surface area contributed by atoms with Crippen LogP contribution in [0.15, 0.2) is 36.4 Å². The van der Waals surface area contributed by atoms with Crippen LogP contribution in [-0.4, -0.2) is 81.5 Å². The Bertz CT molecular complexity index is 2070. The van der Waals surface area contributed by atoms with E-state index < -0.39 is 0 Å². The predicted octanol–water partition coefficient (Wildman–Crippen LogP) is 21.0. The molecule has 2 aromatic rings. The van der Waals surface area contributed by atoms with E-state index in [4.69, 9.17) is 0 Å². The first-order valence-electron chi connectivity index (χ1n) is 35.4. The summed E-state index contributed by atoms with van der Waals surface area (Å²) in [6.45, 7) is 75.9. The van der Waals surface area contributed by atoms with Gasteiger partial charge in [0.15, 0.2) is 0 Å². The Hall–Kier alpha value is -1.72. The maximum absolute atomic E-state index is 2.79. The van der Waals surface area contributed by atoms with E-state index in [1.54, 1.807) is 22.3 Å². The number of hydrogen-bond acceptors (Lipinski definition) is 4. The van der Waals surface area contributed by atoms with Gasteiger partial charge in [0.1, 0.15) is 0 Å². The van der Waals surface area contributed by atoms with Gasteiger partial charge in [-0.2, -0.15) is 0 Å². The highest BCUT2D eigenvalue weighted by Gasteiger charge is 2.49. The van der Waals surface area contributed by atoms with Gasteiger partial charge in [0, 0.05) is 68.0 Å². The summed E-state index contributed by atoms with van der Waals surface area (Å²) < 4.78 is 0. The zero-order valence-corrected chi connectivity index (χ0v) is 60.3. The highest BCUT2D eigenvalue weighted by atomic mass is 15.2. The fraction of sp³-hybridized carbons (Fsp3) is 0.846. The number of benzene rings is 2. The van der Waals surface area contributed by atoms with Crippen molar-refractivity contribution in [2.24, 2.45) is 94.7 Å². The van der Waals surface area contributed by atoms with Crippen molar-refractivity contribution >= 4 is 0 Å². The molecule has 4 heterocycles. The van der Waals surface area contributed by atoms with Gasteiger partial charge in [-0.25, -0.2) is 0 Å². The minimum absolute atomic E-state index is 0.598. The number of rotatable bonds is 15. The Labute approximate surface area is 514 Å². The molecule has 0 spiro atoms. The van der Waals surface area contributed by atoms with E-state index >= 15 is 0 Å². The van der Waals surface area contributed by atoms with Crippen molar-refractivity contribution in [3.63, 3.8) is 0 Å². The van der Waals surface area contributed by atoms with Gasteiger partial charge < -0.3 is 0 Å². The second-order valence-electron chi connectivity index (χ2n) is 33.0. The van der Waals surface area contributed by atoms with Gasteiger partial charge in [-0.3, -0.25) is 19.6 Å². The third kappa shape index (κ3) is 18.9. The topological polar surface area (TPSA) is 13.0 Å². The molecule has 474 valence electrons. The summed E-state index contributed by atoms with van der Waals surface area (Å²) in [4.78, 5) is 10.8. The average Bonchev–Trinajstić information content (AvgIpc) is 4.38. The molecule has 11 atom stereocenters. The van der Waals surface area contributed by atoms with Crippen LogP contribution in [0.4, 0.5) is 0 Å². The second-order valence-corrected chi connectivity index (χ2v) is 33.0. The van der Waals surface area contributed by atoms with Crippen molar-refractivity contribution in [1.82, 2.24) is 19.6 Å². The molecule has 4 nitrogen and oxygen atoms in total. The summed E-state index contributed by atoms with van der Waals surface area (Å²) in [7, 11) is 0. The molecule has 3 saturated heterocycles. The summed E-state index contributed by atoms with van der Waals surface area (Å²) in [5.74, 6) is 15.1. The normalized spacial score (nSPS) is 28.0. The number of nitrogens with zero attached hydrogens (tertiary/aromatic N) is 4. The summed E-state index contributed by atoms with van der Waals surface area (Å²) in [5, 5.41) is 0. The summed E-state index contributed by atoms with van der Waals surface area (Å²) in [5.41, 5.74) is 9.32. The molecule has 11 unspecified atom stereocenters. The molecular weight excluding hydrogens is 993 g/mol. The smallest absolute Gasteiger partial charge is 0.0380 e. The molecule has 0 aromatic heterocycles. The van der Waals surface area contributed by atoms with Crippen LogP contribution in [0.5, 0.6) is 0 Å². The molecule has 2 aromatic carbocycles. The van der Waals surface area contributed by atoms with Gasteiger partial charge in [0.25, 0.3) is 0 Å². The predicted molar refractivity (Wildman–Crippen MR) is 365 cm³/mol. The minimum atomic E-state index is 0.598. The fourth-order valence-electron chi connectivity index (χ4n) is 17.0. The van der Waals surface area contributed by atoms with Crippen molar-refractivity contribution in [2.45, 2.75) is 313 Å². The van der Waals surface area contributed by atoms with Gasteiger partial charge in [-0.15, -0.1) is 0 Å². The quantitative estimate of drug-likeness (QED) is 0.176. The fourth-order valence-corrected chi connectivity index (χ4v) is 17.0.